The van der Waals surface area contributed by atoms with Gasteiger partial charge < -0.3 is 19.1 Å². The van der Waals surface area contributed by atoms with Gasteiger partial charge in [-0.05, 0) is 58.9 Å². The fraction of sp³-hybridized carbons (Fsp3) is 0.480. The first kappa shape index (κ1) is 28.7. The number of hydrogen-bond acceptors (Lipinski definition) is 6. The molecule has 0 radical (unpaired) electrons. The third-order valence-electron chi connectivity index (χ3n) is 4.03. The van der Waals surface area contributed by atoms with E-state index in [0.29, 0.717) is 31.4 Å². The summed E-state index contributed by atoms with van der Waals surface area (Å²) in [6, 6.07) is 7.55. The van der Waals surface area contributed by atoms with Crippen molar-refractivity contribution in [3.63, 3.8) is 0 Å². The van der Waals surface area contributed by atoms with Crippen molar-refractivity contribution in [3.8, 4) is 11.6 Å². The molecule has 1 aromatic carbocycles. The molecule has 9 heteroatoms. The second-order valence-electron chi connectivity index (χ2n) is 8.00. The molecule has 3 aromatic rings. The first-order chi connectivity index (χ1) is 16.1. The fourth-order valence-corrected chi connectivity index (χ4v) is 2.46. The molecule has 0 saturated carbocycles. The number of carbonyl (C=O) groups excluding carboxylic acids is 1. The molecule has 0 aliphatic heterocycles. The third-order valence-corrected chi connectivity index (χ3v) is 4.03. The SMILES string of the molecule is CC.CCOc1ccn2ncc(C)c2n1.CN(CCOc1ccc(F)cc1)C(=O)OC(C)(C)C. The molecule has 0 aliphatic rings. The van der Waals surface area contributed by atoms with Crippen LogP contribution in [0.15, 0.2) is 42.7 Å². The Morgan fingerprint density at radius 2 is 1.76 bits per heavy atom. The molecule has 8 nitrogen and oxygen atoms in total. The van der Waals surface area contributed by atoms with Crippen LogP contribution in [-0.4, -0.2) is 58.0 Å². The Morgan fingerprint density at radius 1 is 1.12 bits per heavy atom. The lowest BCUT2D eigenvalue weighted by atomic mass is 10.2. The number of hydrogen-bond donors (Lipinski definition) is 0. The average molecular weight is 477 g/mol. The first-order valence-corrected chi connectivity index (χ1v) is 11.4. The number of rotatable bonds is 6. The molecule has 0 saturated heterocycles. The van der Waals surface area contributed by atoms with Crippen LogP contribution in [0.3, 0.4) is 0 Å². The van der Waals surface area contributed by atoms with Gasteiger partial charge >= 0.3 is 6.09 Å². The van der Waals surface area contributed by atoms with E-state index in [9.17, 15) is 9.18 Å². The van der Waals surface area contributed by atoms with Crippen molar-refractivity contribution in [1.29, 1.82) is 0 Å². The van der Waals surface area contributed by atoms with E-state index >= 15 is 0 Å². The second-order valence-corrected chi connectivity index (χ2v) is 8.00. The third kappa shape index (κ3) is 10.1. The fourth-order valence-electron chi connectivity index (χ4n) is 2.46. The highest BCUT2D eigenvalue weighted by molar-refractivity contribution is 5.67. The summed E-state index contributed by atoms with van der Waals surface area (Å²) in [6.07, 6.45) is 3.24. The highest BCUT2D eigenvalue weighted by Crippen LogP contribution is 2.13. The number of fused-ring (bicyclic) bond motifs is 1. The smallest absolute Gasteiger partial charge is 0.410 e. The van der Waals surface area contributed by atoms with Crippen molar-refractivity contribution in [2.75, 3.05) is 26.8 Å². The van der Waals surface area contributed by atoms with Crippen LogP contribution in [0.25, 0.3) is 5.65 Å². The van der Waals surface area contributed by atoms with E-state index in [-0.39, 0.29) is 5.82 Å². The molecule has 0 bridgehead atoms. The van der Waals surface area contributed by atoms with Gasteiger partial charge in [-0.1, -0.05) is 13.8 Å². The summed E-state index contributed by atoms with van der Waals surface area (Å²) < 4.78 is 30.3. The van der Waals surface area contributed by atoms with Gasteiger partial charge in [0.2, 0.25) is 5.88 Å². The molecule has 3 rings (SSSR count). The van der Waals surface area contributed by atoms with Gasteiger partial charge in [-0.25, -0.2) is 13.7 Å². The maximum Gasteiger partial charge on any atom is 0.410 e. The van der Waals surface area contributed by atoms with Gasteiger partial charge in [0.1, 0.15) is 23.8 Å². The number of likely N-dealkylation sites (N-methyl/N-ethyl adjacent to an activating group) is 1. The Labute approximate surface area is 201 Å². The van der Waals surface area contributed by atoms with Gasteiger partial charge in [0.25, 0.3) is 0 Å². The summed E-state index contributed by atoms with van der Waals surface area (Å²) >= 11 is 0. The molecule has 1 amide bonds. The normalized spacial score (nSPS) is 10.4. The van der Waals surface area contributed by atoms with Gasteiger partial charge in [-0.3, -0.25) is 0 Å². The highest BCUT2D eigenvalue weighted by atomic mass is 19.1. The summed E-state index contributed by atoms with van der Waals surface area (Å²) in [4.78, 5) is 17.4. The van der Waals surface area contributed by atoms with Crippen LogP contribution in [0.5, 0.6) is 11.6 Å². The van der Waals surface area contributed by atoms with Crippen molar-refractivity contribution < 1.29 is 23.4 Å². The molecule has 0 spiro atoms. The van der Waals surface area contributed by atoms with Gasteiger partial charge in [-0.15, -0.1) is 0 Å². The number of halogens is 1. The predicted octanol–water partition coefficient (Wildman–Crippen LogP) is 5.53. The van der Waals surface area contributed by atoms with E-state index in [1.807, 2.05) is 60.7 Å². The van der Waals surface area contributed by atoms with Crippen molar-refractivity contribution in [3.05, 3.63) is 54.1 Å². The summed E-state index contributed by atoms with van der Waals surface area (Å²) in [6.45, 7) is 14.7. The Hall–Kier alpha value is -3.36. The Bertz CT molecular complexity index is 1000. The van der Waals surface area contributed by atoms with Crippen molar-refractivity contribution in [2.24, 2.45) is 0 Å². The summed E-state index contributed by atoms with van der Waals surface area (Å²) in [5.41, 5.74) is 1.40. The minimum absolute atomic E-state index is 0.307. The molecule has 0 aliphatic carbocycles. The van der Waals surface area contributed by atoms with Crippen LogP contribution in [0, 0.1) is 12.7 Å². The monoisotopic (exact) mass is 476 g/mol. The molecular formula is C25H37FN4O4. The number of ether oxygens (including phenoxy) is 3. The number of benzene rings is 1. The van der Waals surface area contributed by atoms with E-state index in [0.717, 1.165) is 11.2 Å². The first-order valence-electron chi connectivity index (χ1n) is 11.4. The standard InChI is InChI=1S/C14H20FNO3.C9H11N3O.C2H6/c1-14(2,3)19-13(17)16(4)9-10-18-12-7-5-11(15)6-8-12;1-3-13-8-4-5-12-9(11-8)7(2)6-10-12;1-2/h5-8H,9-10H2,1-4H3;4-6H,3H2,1-2H3;1-2H3. The van der Waals surface area contributed by atoms with Gasteiger partial charge in [-0.2, -0.15) is 10.1 Å². The van der Waals surface area contributed by atoms with Crippen LogP contribution < -0.4 is 9.47 Å². The average Bonchev–Trinajstić information content (AvgIpc) is 3.16. The Balaban J connectivity index is 0.000000334. The molecule has 0 N–H and O–H groups in total. The largest absolute Gasteiger partial charge is 0.492 e. The Kier molecular flexibility index (Phi) is 11.8. The molecule has 188 valence electrons. The zero-order valence-corrected chi connectivity index (χ0v) is 21.5. The zero-order chi connectivity index (χ0) is 25.7. The van der Waals surface area contributed by atoms with E-state index in [4.69, 9.17) is 14.2 Å². The zero-order valence-electron chi connectivity index (χ0n) is 21.5. The molecular weight excluding hydrogens is 439 g/mol. The van der Waals surface area contributed by atoms with E-state index < -0.39 is 11.7 Å². The predicted molar refractivity (Wildman–Crippen MR) is 131 cm³/mol. The number of aromatic nitrogens is 3. The summed E-state index contributed by atoms with van der Waals surface area (Å²) in [5, 5.41) is 4.12. The summed E-state index contributed by atoms with van der Waals surface area (Å²) in [5.74, 6) is 0.913. The lowest BCUT2D eigenvalue weighted by Gasteiger charge is -2.24. The summed E-state index contributed by atoms with van der Waals surface area (Å²) in [7, 11) is 1.64. The topological polar surface area (TPSA) is 78.2 Å². The quantitative estimate of drug-likeness (QED) is 0.465. The van der Waals surface area contributed by atoms with Crippen molar-refractivity contribution >= 4 is 11.7 Å². The van der Waals surface area contributed by atoms with Crippen LogP contribution in [0.1, 0.15) is 47.1 Å². The minimum atomic E-state index is -0.511. The number of amides is 1. The molecule has 2 heterocycles. The van der Waals surface area contributed by atoms with Crippen LogP contribution in [0.2, 0.25) is 0 Å². The lowest BCUT2D eigenvalue weighted by molar-refractivity contribution is 0.0278. The van der Waals surface area contributed by atoms with Gasteiger partial charge in [0.05, 0.1) is 19.3 Å². The van der Waals surface area contributed by atoms with Crippen molar-refractivity contribution in [1.82, 2.24) is 19.5 Å². The number of aryl methyl sites for hydroxylation is 1. The van der Waals surface area contributed by atoms with Gasteiger partial charge in [0, 0.05) is 24.9 Å². The Morgan fingerprint density at radius 3 is 2.35 bits per heavy atom. The second kappa shape index (κ2) is 14.0. The van der Waals surface area contributed by atoms with Crippen LogP contribution in [-0.2, 0) is 4.74 Å². The van der Waals surface area contributed by atoms with Crippen LogP contribution in [0.4, 0.5) is 9.18 Å². The number of carbonyl (C=O) groups is 1. The maximum absolute atomic E-state index is 12.7. The van der Waals surface area contributed by atoms with E-state index in [1.54, 1.807) is 29.9 Å². The lowest BCUT2D eigenvalue weighted by Crippen LogP contribution is -2.36. The van der Waals surface area contributed by atoms with E-state index in [1.165, 1.54) is 17.0 Å². The van der Waals surface area contributed by atoms with Crippen LogP contribution >= 0.6 is 0 Å². The highest BCUT2D eigenvalue weighted by Gasteiger charge is 2.19. The minimum Gasteiger partial charge on any atom is -0.492 e. The van der Waals surface area contributed by atoms with Gasteiger partial charge in [0.15, 0.2) is 5.65 Å². The number of nitrogens with zero attached hydrogens (tertiary/aromatic N) is 4. The molecule has 2 aromatic heterocycles. The van der Waals surface area contributed by atoms with Crippen molar-refractivity contribution in [2.45, 2.75) is 54.1 Å². The van der Waals surface area contributed by atoms with E-state index in [2.05, 4.69) is 10.1 Å². The molecule has 0 fully saturated rings. The maximum atomic E-state index is 12.7. The molecule has 0 unspecified atom stereocenters. The molecule has 0 atom stereocenters. The molecule has 34 heavy (non-hydrogen) atoms.